The van der Waals surface area contributed by atoms with E-state index < -0.39 is 60.8 Å². The van der Waals surface area contributed by atoms with E-state index in [1.807, 2.05) is 0 Å². The Morgan fingerprint density at radius 3 is 2.35 bits per heavy atom. The summed E-state index contributed by atoms with van der Waals surface area (Å²) < 4.78 is 100. The first kappa shape index (κ1) is 35.5. The molecule has 0 unspecified atom stereocenters. The molecule has 0 aliphatic carbocycles. The van der Waals surface area contributed by atoms with Crippen LogP contribution in [0.25, 0.3) is 22.3 Å². The number of aryl methyl sites for hydroxylation is 2. The average Bonchev–Trinajstić information content (AvgIpc) is 3.34. The van der Waals surface area contributed by atoms with Crippen LogP contribution in [0.2, 0.25) is 0 Å². The van der Waals surface area contributed by atoms with Gasteiger partial charge in [0.2, 0.25) is 5.95 Å². The van der Waals surface area contributed by atoms with E-state index in [0.717, 1.165) is 18.2 Å². The van der Waals surface area contributed by atoms with Gasteiger partial charge >= 0.3 is 18.2 Å². The van der Waals surface area contributed by atoms with E-state index in [9.17, 15) is 31.5 Å². The Balaban J connectivity index is 1.43. The summed E-state index contributed by atoms with van der Waals surface area (Å²) in [6.07, 6.45) is -5.17. The van der Waals surface area contributed by atoms with Gasteiger partial charge in [0.15, 0.2) is 0 Å². The van der Waals surface area contributed by atoms with Crippen LogP contribution < -0.4 is 9.64 Å². The van der Waals surface area contributed by atoms with E-state index in [0.29, 0.717) is 22.3 Å². The van der Waals surface area contributed by atoms with Crippen molar-refractivity contribution in [2.24, 2.45) is 0 Å². The third-order valence-corrected chi connectivity index (χ3v) is 8.97. The van der Waals surface area contributed by atoms with Crippen LogP contribution in [0.3, 0.4) is 0 Å². The Bertz CT molecular complexity index is 2030. The number of halogens is 6. The zero-order valence-electron chi connectivity index (χ0n) is 28.1. The Morgan fingerprint density at radius 1 is 1.00 bits per heavy atom. The lowest BCUT2D eigenvalue weighted by molar-refractivity contribution is -0.137. The summed E-state index contributed by atoms with van der Waals surface area (Å²) in [6, 6.07) is 9.92. The molecule has 0 bridgehead atoms. The number of carbonyl (C=O) groups excluding carboxylic acids is 2. The Labute approximate surface area is 288 Å². The minimum Gasteiger partial charge on any atom is -0.496 e. The molecule has 0 saturated carbocycles. The summed E-state index contributed by atoms with van der Waals surface area (Å²) >= 11 is 0. The summed E-state index contributed by atoms with van der Waals surface area (Å²) in [5, 5.41) is 0. The molecule has 0 spiro atoms. The van der Waals surface area contributed by atoms with Gasteiger partial charge in [-0.15, -0.1) is 0 Å². The van der Waals surface area contributed by atoms with Crippen LogP contribution in [0.4, 0.5) is 37.1 Å². The lowest BCUT2D eigenvalue weighted by Crippen LogP contribution is -2.57. The van der Waals surface area contributed by atoms with E-state index in [4.69, 9.17) is 14.2 Å². The minimum absolute atomic E-state index is 0.0412. The van der Waals surface area contributed by atoms with Gasteiger partial charge in [0.05, 0.1) is 56.7 Å². The maximum atomic E-state index is 15.7. The highest BCUT2D eigenvalue weighted by Gasteiger charge is 2.46. The van der Waals surface area contributed by atoms with Crippen molar-refractivity contribution in [3.63, 3.8) is 0 Å². The zero-order chi connectivity index (χ0) is 37.0. The highest BCUT2D eigenvalue weighted by molar-refractivity contribution is 5.91. The second-order valence-electron chi connectivity index (χ2n) is 12.6. The van der Waals surface area contributed by atoms with Crippen molar-refractivity contribution in [2.45, 2.75) is 51.6 Å². The van der Waals surface area contributed by atoms with Gasteiger partial charge in [-0.2, -0.15) is 13.2 Å². The molecule has 268 valence electrons. The quantitative estimate of drug-likeness (QED) is 0.134. The molecular weight excluding hydrogens is 682 g/mol. The van der Waals surface area contributed by atoms with Crippen molar-refractivity contribution in [2.75, 3.05) is 32.2 Å². The normalized spacial score (nSPS) is 18.4. The van der Waals surface area contributed by atoms with Gasteiger partial charge in [-0.05, 0) is 67.8 Å². The van der Waals surface area contributed by atoms with Crippen molar-refractivity contribution in [3.05, 3.63) is 94.1 Å². The van der Waals surface area contributed by atoms with Crippen LogP contribution in [0.15, 0.2) is 54.7 Å². The van der Waals surface area contributed by atoms with Crippen molar-refractivity contribution in [3.8, 4) is 28.0 Å². The summed E-state index contributed by atoms with van der Waals surface area (Å²) in [6.45, 7) is 3.28. The maximum absolute atomic E-state index is 15.7. The number of alkyl halides is 5. The molecule has 0 radical (unpaired) electrons. The lowest BCUT2D eigenvalue weighted by atomic mass is 9.93. The third-order valence-electron chi connectivity index (χ3n) is 8.97. The number of rotatable bonds is 8. The number of nitrogens with zero attached hydrogens (tertiary/aromatic N) is 4. The highest BCUT2D eigenvalue weighted by atomic mass is 19.4. The molecule has 2 aliphatic heterocycles. The van der Waals surface area contributed by atoms with E-state index in [2.05, 4.69) is 9.97 Å². The number of ether oxygens (including phenoxy) is 3. The highest BCUT2D eigenvalue weighted by Crippen LogP contribution is 2.42. The molecule has 1 amide bonds. The number of carbonyl (C=O) groups is 2. The van der Waals surface area contributed by atoms with Crippen LogP contribution in [0, 0.1) is 19.7 Å². The number of esters is 1. The summed E-state index contributed by atoms with van der Waals surface area (Å²) in [7, 11) is 2.57. The fourth-order valence-electron chi connectivity index (χ4n) is 6.37. The first-order valence-electron chi connectivity index (χ1n) is 15.7. The smallest absolute Gasteiger partial charge is 0.416 e. The Hall–Kier alpha value is -5.34. The van der Waals surface area contributed by atoms with Gasteiger partial charge in [0.1, 0.15) is 17.7 Å². The Morgan fingerprint density at radius 2 is 1.73 bits per heavy atom. The molecule has 2 atom stereocenters. The molecule has 2 aliphatic rings. The SMILES string of the molecule is COC(=O)c1ccc(-c2cc(-c3cnc(N4CC(F)(F)C4)nc3CN3C(=O)O[C@H](c4cc(C)cc(C(F)(F)F)c4)[C@@H]3C)c(OC)cc2F)c(C)c1. The zero-order valence-corrected chi connectivity index (χ0v) is 28.1. The van der Waals surface area contributed by atoms with Crippen LogP contribution in [-0.4, -0.2) is 66.2 Å². The minimum atomic E-state index is -4.62. The summed E-state index contributed by atoms with van der Waals surface area (Å²) in [5.74, 6) is -4.13. The van der Waals surface area contributed by atoms with Gasteiger partial charge in [-0.1, -0.05) is 17.7 Å². The largest absolute Gasteiger partial charge is 0.496 e. The van der Waals surface area contributed by atoms with Crippen molar-refractivity contribution >= 4 is 18.0 Å². The molecule has 15 heteroatoms. The summed E-state index contributed by atoms with van der Waals surface area (Å²) in [5.41, 5.74) is 1.71. The van der Waals surface area contributed by atoms with Gasteiger partial charge in [-0.3, -0.25) is 4.90 Å². The fraction of sp³-hybridized carbons (Fsp3) is 0.333. The third kappa shape index (κ3) is 6.88. The van der Waals surface area contributed by atoms with Crippen LogP contribution in [0.5, 0.6) is 5.75 Å². The molecule has 4 aromatic rings. The van der Waals surface area contributed by atoms with E-state index in [-0.39, 0.29) is 46.2 Å². The molecule has 2 saturated heterocycles. The van der Waals surface area contributed by atoms with Gasteiger partial charge in [0, 0.05) is 29.0 Å². The molecule has 2 fully saturated rings. The predicted molar refractivity (Wildman–Crippen MR) is 173 cm³/mol. The number of methoxy groups -OCH3 is 2. The lowest BCUT2D eigenvalue weighted by Gasteiger charge is -2.38. The van der Waals surface area contributed by atoms with Gasteiger partial charge in [0.25, 0.3) is 5.92 Å². The first-order valence-corrected chi connectivity index (χ1v) is 15.7. The fourth-order valence-corrected chi connectivity index (χ4v) is 6.37. The maximum Gasteiger partial charge on any atom is 0.416 e. The number of hydrogen-bond acceptors (Lipinski definition) is 8. The first-order chi connectivity index (χ1) is 24.0. The molecule has 0 N–H and O–H groups in total. The van der Waals surface area contributed by atoms with Crippen molar-refractivity contribution in [1.82, 2.24) is 14.9 Å². The van der Waals surface area contributed by atoms with E-state index in [1.165, 1.54) is 55.3 Å². The van der Waals surface area contributed by atoms with E-state index >= 15 is 4.39 Å². The molecule has 1 aromatic heterocycles. The molecule has 9 nitrogen and oxygen atoms in total. The predicted octanol–water partition coefficient (Wildman–Crippen LogP) is 7.92. The van der Waals surface area contributed by atoms with Gasteiger partial charge < -0.3 is 19.1 Å². The topological polar surface area (TPSA) is 94.1 Å². The molecule has 3 aromatic carbocycles. The number of aromatic nitrogens is 2. The second kappa shape index (κ2) is 13.1. The Kier molecular flexibility index (Phi) is 9.10. The van der Waals surface area contributed by atoms with Crippen LogP contribution in [-0.2, 0) is 22.2 Å². The monoisotopic (exact) mass is 714 g/mol. The number of amides is 1. The van der Waals surface area contributed by atoms with E-state index in [1.54, 1.807) is 26.0 Å². The second-order valence-corrected chi connectivity index (χ2v) is 12.6. The molecule has 3 heterocycles. The number of hydrogen-bond donors (Lipinski definition) is 0. The van der Waals surface area contributed by atoms with Crippen LogP contribution in [0.1, 0.15) is 51.3 Å². The number of benzene rings is 3. The number of anilines is 1. The summed E-state index contributed by atoms with van der Waals surface area (Å²) in [4.78, 5) is 36.8. The number of cyclic esters (lactones) is 1. The average molecular weight is 715 g/mol. The standard InChI is InChI=1S/C36H32F6N4O5/c1-18-8-22(11-23(9-18)36(40,41)42)31-20(3)46(34(48)51-31)15-29-27(14-43-33(44-29)45-16-35(38,39)17-45)26-12-25(28(37)13-30(26)49-4)24-7-6-21(10-19(24)2)32(47)50-5/h6-14,20,31H,15-17H2,1-5H3/t20-,31-/m0/s1. The molecular formula is C36H32F6N4O5. The van der Waals surface area contributed by atoms with Gasteiger partial charge in [-0.25, -0.2) is 32.7 Å². The van der Waals surface area contributed by atoms with Crippen molar-refractivity contribution < 1.29 is 50.1 Å². The molecule has 6 rings (SSSR count). The van der Waals surface area contributed by atoms with Crippen molar-refractivity contribution in [1.29, 1.82) is 0 Å². The molecule has 51 heavy (non-hydrogen) atoms. The van der Waals surface area contributed by atoms with Crippen LogP contribution >= 0.6 is 0 Å².